The zero-order chi connectivity index (χ0) is 16.7. The van der Waals surface area contributed by atoms with Crippen LogP contribution in [-0.4, -0.2) is 22.7 Å². The molecule has 1 unspecified atom stereocenters. The first-order valence-electron chi connectivity index (χ1n) is 7.88. The number of aliphatic hydroxyl groups is 1. The van der Waals surface area contributed by atoms with Gasteiger partial charge in [-0.15, -0.1) is 17.9 Å². The van der Waals surface area contributed by atoms with E-state index < -0.39 is 0 Å². The molecule has 0 aliphatic carbocycles. The quantitative estimate of drug-likeness (QED) is 0.682. The number of thiophene rings is 1. The maximum absolute atomic E-state index is 13.1. The third-order valence-electron chi connectivity index (χ3n) is 3.67. The molecule has 0 fully saturated rings. The first-order chi connectivity index (χ1) is 11.1. The van der Waals surface area contributed by atoms with Crippen LogP contribution < -0.4 is 0 Å². The molecule has 0 saturated carbocycles. The third-order valence-corrected chi connectivity index (χ3v) is 4.65. The van der Waals surface area contributed by atoms with E-state index in [1.807, 2.05) is 6.08 Å². The van der Waals surface area contributed by atoms with Crippen molar-refractivity contribution in [2.24, 2.45) is 0 Å². The predicted molar refractivity (Wildman–Crippen MR) is 95.0 cm³/mol. The fourth-order valence-corrected chi connectivity index (χ4v) is 3.46. The molecule has 0 amide bonds. The Hall–Kier alpha value is -1.49. The summed E-state index contributed by atoms with van der Waals surface area (Å²) in [5.41, 5.74) is 1.05. The maximum Gasteiger partial charge on any atom is 0.123 e. The Kier molecular flexibility index (Phi) is 6.96. The molecule has 2 rings (SSSR count). The Bertz CT molecular complexity index is 608. The molecule has 23 heavy (non-hydrogen) atoms. The maximum atomic E-state index is 13.1. The Morgan fingerprint density at radius 3 is 2.57 bits per heavy atom. The highest BCUT2D eigenvalue weighted by molar-refractivity contribution is 7.11. The first kappa shape index (κ1) is 17.9. The van der Waals surface area contributed by atoms with E-state index >= 15 is 0 Å². The topological polar surface area (TPSA) is 23.5 Å². The minimum absolute atomic E-state index is 0.222. The molecule has 0 aliphatic rings. The summed E-state index contributed by atoms with van der Waals surface area (Å²) in [4.78, 5) is 4.78. The van der Waals surface area contributed by atoms with Crippen LogP contribution in [0.25, 0.3) is 0 Å². The highest BCUT2D eigenvalue weighted by Crippen LogP contribution is 2.19. The number of halogens is 1. The fraction of sp³-hybridized carbons (Fsp3) is 0.368. The predicted octanol–water partition coefficient (Wildman–Crippen LogP) is 4.52. The fourth-order valence-electron chi connectivity index (χ4n) is 2.52. The van der Waals surface area contributed by atoms with Gasteiger partial charge in [0.1, 0.15) is 5.82 Å². The molecule has 1 heterocycles. The standard InChI is InChI=1S/C19H24FNOS/c1-3-4-5-18(22)13-21(14-19-11-6-15(2)23-19)12-16-7-9-17(20)10-8-16/h3,6-11,18,22H,1,4-5,12-14H2,2H3. The van der Waals surface area contributed by atoms with Crippen molar-refractivity contribution in [1.29, 1.82) is 0 Å². The van der Waals surface area contributed by atoms with E-state index in [1.54, 1.807) is 23.5 Å². The second-order valence-corrected chi connectivity index (χ2v) is 7.20. The number of allylic oxidation sites excluding steroid dienone is 1. The van der Waals surface area contributed by atoms with Gasteiger partial charge in [-0.2, -0.15) is 0 Å². The van der Waals surface area contributed by atoms with Gasteiger partial charge in [-0.05, 0) is 49.6 Å². The summed E-state index contributed by atoms with van der Waals surface area (Å²) >= 11 is 1.77. The van der Waals surface area contributed by atoms with Crippen LogP contribution in [0.15, 0.2) is 49.1 Å². The molecular formula is C19H24FNOS. The summed E-state index contributed by atoms with van der Waals surface area (Å²) in [6.45, 7) is 7.88. The van der Waals surface area contributed by atoms with Gasteiger partial charge < -0.3 is 5.11 Å². The first-order valence-corrected chi connectivity index (χ1v) is 8.69. The van der Waals surface area contributed by atoms with E-state index in [2.05, 4.69) is 30.5 Å². The third kappa shape index (κ3) is 6.26. The second kappa shape index (κ2) is 8.96. The smallest absolute Gasteiger partial charge is 0.123 e. The van der Waals surface area contributed by atoms with Crippen LogP contribution >= 0.6 is 11.3 Å². The largest absolute Gasteiger partial charge is 0.392 e. The zero-order valence-electron chi connectivity index (χ0n) is 13.5. The van der Waals surface area contributed by atoms with Crippen molar-refractivity contribution in [3.63, 3.8) is 0 Å². The van der Waals surface area contributed by atoms with Gasteiger partial charge in [0, 0.05) is 29.4 Å². The molecule has 1 aromatic carbocycles. The lowest BCUT2D eigenvalue weighted by atomic mass is 10.1. The van der Waals surface area contributed by atoms with Gasteiger partial charge in [0.25, 0.3) is 0 Å². The zero-order valence-corrected chi connectivity index (χ0v) is 14.4. The molecule has 1 atom stereocenters. The van der Waals surface area contributed by atoms with Crippen LogP contribution in [0.2, 0.25) is 0 Å². The summed E-state index contributed by atoms with van der Waals surface area (Å²) in [5.74, 6) is -0.222. The molecule has 2 aromatic rings. The number of rotatable bonds is 9. The molecule has 0 saturated heterocycles. The summed E-state index contributed by atoms with van der Waals surface area (Å²) < 4.78 is 13.1. The van der Waals surface area contributed by atoms with Crippen LogP contribution in [0.5, 0.6) is 0 Å². The Morgan fingerprint density at radius 1 is 1.22 bits per heavy atom. The number of hydrogen-bond acceptors (Lipinski definition) is 3. The lowest BCUT2D eigenvalue weighted by molar-refractivity contribution is 0.0989. The number of nitrogens with zero attached hydrogens (tertiary/aromatic N) is 1. The number of aryl methyl sites for hydroxylation is 1. The minimum atomic E-state index is -0.380. The Morgan fingerprint density at radius 2 is 1.96 bits per heavy atom. The average molecular weight is 333 g/mol. The molecule has 0 bridgehead atoms. The van der Waals surface area contributed by atoms with Crippen molar-refractivity contribution in [2.75, 3.05) is 6.54 Å². The molecule has 124 valence electrons. The van der Waals surface area contributed by atoms with Crippen molar-refractivity contribution < 1.29 is 9.50 Å². The Balaban J connectivity index is 2.03. The van der Waals surface area contributed by atoms with Crippen molar-refractivity contribution >= 4 is 11.3 Å². The van der Waals surface area contributed by atoms with Crippen LogP contribution in [0.4, 0.5) is 4.39 Å². The number of aliphatic hydroxyl groups excluding tert-OH is 1. The van der Waals surface area contributed by atoms with Crippen LogP contribution in [0, 0.1) is 12.7 Å². The summed E-state index contributed by atoms with van der Waals surface area (Å²) in [7, 11) is 0. The highest BCUT2D eigenvalue weighted by Gasteiger charge is 2.13. The summed E-state index contributed by atoms with van der Waals surface area (Å²) in [5, 5.41) is 10.2. The molecule has 0 spiro atoms. The SMILES string of the molecule is C=CCCC(O)CN(Cc1ccc(F)cc1)Cc1ccc(C)s1. The van der Waals surface area contributed by atoms with Gasteiger partial charge in [-0.25, -0.2) is 4.39 Å². The molecule has 0 aliphatic heterocycles. The summed E-state index contributed by atoms with van der Waals surface area (Å²) in [6, 6.07) is 10.8. The van der Waals surface area contributed by atoms with Gasteiger partial charge in [-0.1, -0.05) is 18.2 Å². The van der Waals surface area contributed by atoms with E-state index in [0.717, 1.165) is 18.5 Å². The lowest BCUT2D eigenvalue weighted by Gasteiger charge is -2.24. The van der Waals surface area contributed by atoms with Gasteiger partial charge in [0.2, 0.25) is 0 Å². The van der Waals surface area contributed by atoms with E-state index in [4.69, 9.17) is 0 Å². The van der Waals surface area contributed by atoms with Crippen LogP contribution in [0.1, 0.15) is 28.2 Å². The average Bonchev–Trinajstić information content (AvgIpc) is 2.92. The van der Waals surface area contributed by atoms with Crippen LogP contribution in [-0.2, 0) is 13.1 Å². The van der Waals surface area contributed by atoms with Gasteiger partial charge in [0.15, 0.2) is 0 Å². The van der Waals surface area contributed by atoms with Crippen molar-refractivity contribution in [3.05, 3.63) is 70.2 Å². The van der Waals surface area contributed by atoms with Gasteiger partial charge >= 0.3 is 0 Å². The highest BCUT2D eigenvalue weighted by atomic mass is 32.1. The van der Waals surface area contributed by atoms with E-state index in [1.165, 1.54) is 21.9 Å². The Labute approximate surface area is 141 Å². The van der Waals surface area contributed by atoms with E-state index in [9.17, 15) is 9.50 Å². The van der Waals surface area contributed by atoms with Gasteiger partial charge in [-0.3, -0.25) is 4.90 Å². The molecular weight excluding hydrogens is 309 g/mol. The normalized spacial score (nSPS) is 12.5. The van der Waals surface area contributed by atoms with Crippen molar-refractivity contribution in [2.45, 2.75) is 39.0 Å². The summed E-state index contributed by atoms with van der Waals surface area (Å²) in [6.07, 6.45) is 2.97. The molecule has 1 aromatic heterocycles. The van der Waals surface area contributed by atoms with E-state index in [0.29, 0.717) is 19.5 Å². The number of benzene rings is 1. The molecule has 1 N–H and O–H groups in total. The van der Waals surface area contributed by atoms with Gasteiger partial charge in [0.05, 0.1) is 6.10 Å². The van der Waals surface area contributed by atoms with Crippen molar-refractivity contribution in [1.82, 2.24) is 4.90 Å². The second-order valence-electron chi connectivity index (χ2n) is 5.83. The molecule has 2 nitrogen and oxygen atoms in total. The molecule has 4 heteroatoms. The van der Waals surface area contributed by atoms with E-state index in [-0.39, 0.29) is 11.9 Å². The molecule has 0 radical (unpaired) electrons. The van der Waals surface area contributed by atoms with Crippen LogP contribution in [0.3, 0.4) is 0 Å². The lowest BCUT2D eigenvalue weighted by Crippen LogP contribution is -2.31. The number of hydrogen-bond donors (Lipinski definition) is 1. The minimum Gasteiger partial charge on any atom is -0.392 e. The van der Waals surface area contributed by atoms with Crippen molar-refractivity contribution in [3.8, 4) is 0 Å². The monoisotopic (exact) mass is 333 g/mol.